The van der Waals surface area contributed by atoms with Gasteiger partial charge in [0.15, 0.2) is 0 Å². The normalized spacial score (nSPS) is 23.0. The lowest BCUT2D eigenvalue weighted by atomic mass is 9.68. The van der Waals surface area contributed by atoms with Crippen LogP contribution in [-0.2, 0) is 4.74 Å². The molecule has 0 aromatic carbocycles. The average molecular weight is 309 g/mol. The van der Waals surface area contributed by atoms with Gasteiger partial charge in [0.25, 0.3) is 0 Å². The Kier molecular flexibility index (Phi) is 4.97. The second-order valence-electron chi connectivity index (χ2n) is 7.07. The summed E-state index contributed by atoms with van der Waals surface area (Å²) in [5, 5.41) is 2.66. The zero-order chi connectivity index (χ0) is 15.6. The molecule has 118 valence electrons. The van der Waals surface area contributed by atoms with E-state index in [0.717, 1.165) is 24.3 Å². The molecule has 1 saturated carbocycles. The number of esters is 1. The first-order valence-electron chi connectivity index (χ1n) is 7.88. The summed E-state index contributed by atoms with van der Waals surface area (Å²) in [6, 6.07) is 0. The van der Waals surface area contributed by atoms with Crippen molar-refractivity contribution in [1.82, 2.24) is 0 Å². The van der Waals surface area contributed by atoms with Gasteiger partial charge in [-0.3, -0.25) is 0 Å². The third-order valence-corrected chi connectivity index (χ3v) is 5.55. The summed E-state index contributed by atoms with van der Waals surface area (Å²) in [7, 11) is 0. The summed E-state index contributed by atoms with van der Waals surface area (Å²) in [5.74, 6) is 0.969. The number of ether oxygens (including phenoxy) is 1. The molecule has 0 aliphatic heterocycles. The van der Waals surface area contributed by atoms with Crippen molar-refractivity contribution in [3.63, 3.8) is 0 Å². The fourth-order valence-electron chi connectivity index (χ4n) is 3.38. The summed E-state index contributed by atoms with van der Waals surface area (Å²) < 4.78 is 5.16. The Morgan fingerprint density at radius 3 is 2.48 bits per heavy atom. The zero-order valence-electron chi connectivity index (χ0n) is 13.6. The predicted octanol–water partition coefficient (Wildman–Crippen LogP) is 4.83. The molecule has 0 atom stereocenters. The number of nitrogen functional groups attached to an aromatic ring is 1. The Hall–Kier alpha value is -1.03. The molecule has 0 radical (unpaired) electrons. The molecular weight excluding hydrogens is 282 g/mol. The molecular formula is C17H27NO2S. The topological polar surface area (TPSA) is 52.3 Å². The Morgan fingerprint density at radius 2 is 1.95 bits per heavy atom. The van der Waals surface area contributed by atoms with Gasteiger partial charge < -0.3 is 10.5 Å². The average Bonchev–Trinajstić information content (AvgIpc) is 2.80. The second kappa shape index (κ2) is 6.39. The fraction of sp³-hybridized carbons (Fsp3) is 0.706. The first kappa shape index (κ1) is 16.3. The van der Waals surface area contributed by atoms with Crippen LogP contribution in [0.2, 0.25) is 0 Å². The number of nitrogens with two attached hydrogens (primary N) is 1. The summed E-state index contributed by atoms with van der Waals surface area (Å²) >= 11 is 1.46. The van der Waals surface area contributed by atoms with E-state index in [2.05, 4.69) is 26.2 Å². The van der Waals surface area contributed by atoms with Gasteiger partial charge >= 0.3 is 5.97 Å². The van der Waals surface area contributed by atoms with Gasteiger partial charge in [0, 0.05) is 0 Å². The van der Waals surface area contributed by atoms with E-state index in [1.54, 1.807) is 0 Å². The lowest BCUT2D eigenvalue weighted by Crippen LogP contribution is -2.25. The van der Waals surface area contributed by atoms with Crippen molar-refractivity contribution in [2.45, 2.75) is 59.3 Å². The number of rotatable bonds is 3. The van der Waals surface area contributed by atoms with Crippen LogP contribution in [0.3, 0.4) is 0 Å². The van der Waals surface area contributed by atoms with Crippen molar-refractivity contribution < 1.29 is 9.53 Å². The SMILES string of the molecule is CCOC(=O)c1c(N)scc1[C@H]1CC[C@@H](C(C)(C)C)CC1. The highest BCUT2D eigenvalue weighted by Crippen LogP contribution is 2.45. The van der Waals surface area contributed by atoms with E-state index in [0.29, 0.717) is 28.5 Å². The molecule has 1 aromatic heterocycles. The lowest BCUT2D eigenvalue weighted by Gasteiger charge is -2.37. The van der Waals surface area contributed by atoms with E-state index in [1.807, 2.05) is 6.92 Å². The minimum atomic E-state index is -0.260. The van der Waals surface area contributed by atoms with Gasteiger partial charge in [-0.15, -0.1) is 11.3 Å². The third-order valence-electron chi connectivity index (χ3n) is 4.72. The van der Waals surface area contributed by atoms with Crippen molar-refractivity contribution in [3.8, 4) is 0 Å². The maximum Gasteiger partial charge on any atom is 0.341 e. The van der Waals surface area contributed by atoms with Crippen LogP contribution in [0.1, 0.15) is 75.2 Å². The molecule has 2 rings (SSSR count). The highest BCUT2D eigenvalue weighted by molar-refractivity contribution is 7.14. The standard InChI is InChI=1S/C17H27NO2S/c1-5-20-16(19)14-13(10-21-15(14)18)11-6-8-12(9-7-11)17(2,3)4/h10-12H,5-9,18H2,1-4H3/t11-,12+. The van der Waals surface area contributed by atoms with Crippen molar-refractivity contribution in [2.75, 3.05) is 12.3 Å². The van der Waals surface area contributed by atoms with Crippen molar-refractivity contribution in [3.05, 3.63) is 16.5 Å². The van der Waals surface area contributed by atoms with Crippen LogP contribution in [0, 0.1) is 11.3 Å². The number of hydrogen-bond donors (Lipinski definition) is 1. The number of hydrogen-bond acceptors (Lipinski definition) is 4. The van der Waals surface area contributed by atoms with E-state index < -0.39 is 0 Å². The van der Waals surface area contributed by atoms with Crippen molar-refractivity contribution in [2.24, 2.45) is 11.3 Å². The van der Waals surface area contributed by atoms with Crippen LogP contribution < -0.4 is 5.73 Å². The highest BCUT2D eigenvalue weighted by atomic mass is 32.1. The molecule has 21 heavy (non-hydrogen) atoms. The van der Waals surface area contributed by atoms with Crippen LogP contribution in [-0.4, -0.2) is 12.6 Å². The van der Waals surface area contributed by atoms with E-state index in [-0.39, 0.29) is 5.97 Å². The molecule has 4 heteroatoms. The van der Waals surface area contributed by atoms with Crippen LogP contribution >= 0.6 is 11.3 Å². The van der Waals surface area contributed by atoms with Crippen LogP contribution in [0.4, 0.5) is 5.00 Å². The lowest BCUT2D eigenvalue weighted by molar-refractivity contribution is 0.0525. The number of anilines is 1. The minimum Gasteiger partial charge on any atom is -0.462 e. The summed E-state index contributed by atoms with van der Waals surface area (Å²) in [5.41, 5.74) is 8.11. The number of carbonyl (C=O) groups is 1. The van der Waals surface area contributed by atoms with Crippen molar-refractivity contribution >= 4 is 22.3 Å². The van der Waals surface area contributed by atoms with Crippen molar-refractivity contribution in [1.29, 1.82) is 0 Å². The molecule has 1 heterocycles. The van der Waals surface area contributed by atoms with Crippen LogP contribution in [0.15, 0.2) is 5.38 Å². The van der Waals surface area contributed by atoms with Crippen LogP contribution in [0.5, 0.6) is 0 Å². The fourth-order valence-corrected chi connectivity index (χ4v) is 4.26. The molecule has 1 fully saturated rings. The van der Waals surface area contributed by atoms with Gasteiger partial charge in [-0.05, 0) is 60.8 Å². The molecule has 0 saturated heterocycles. The maximum atomic E-state index is 12.1. The van der Waals surface area contributed by atoms with Crippen LogP contribution in [0.25, 0.3) is 0 Å². The first-order valence-corrected chi connectivity index (χ1v) is 8.76. The largest absolute Gasteiger partial charge is 0.462 e. The van der Waals surface area contributed by atoms with E-state index in [9.17, 15) is 4.79 Å². The number of thiophene rings is 1. The molecule has 0 unspecified atom stereocenters. The molecule has 1 aliphatic carbocycles. The molecule has 1 aromatic rings. The summed E-state index contributed by atoms with van der Waals surface area (Å²) in [4.78, 5) is 12.1. The second-order valence-corrected chi connectivity index (χ2v) is 7.98. The predicted molar refractivity (Wildman–Crippen MR) is 88.8 cm³/mol. The first-order chi connectivity index (χ1) is 9.84. The smallest absolute Gasteiger partial charge is 0.341 e. The maximum absolute atomic E-state index is 12.1. The van der Waals surface area contributed by atoms with Gasteiger partial charge in [-0.25, -0.2) is 4.79 Å². The molecule has 0 bridgehead atoms. The quantitative estimate of drug-likeness (QED) is 0.814. The van der Waals surface area contributed by atoms with Gasteiger partial charge in [0.05, 0.1) is 12.2 Å². The molecule has 0 amide bonds. The Labute approximate surface area is 131 Å². The van der Waals surface area contributed by atoms with E-state index in [4.69, 9.17) is 10.5 Å². The minimum absolute atomic E-state index is 0.260. The Morgan fingerprint density at radius 1 is 1.33 bits per heavy atom. The summed E-state index contributed by atoms with van der Waals surface area (Å²) in [6.45, 7) is 9.19. The Bertz CT molecular complexity index is 493. The van der Waals surface area contributed by atoms with E-state index >= 15 is 0 Å². The number of carbonyl (C=O) groups excluding carboxylic acids is 1. The highest BCUT2D eigenvalue weighted by Gasteiger charge is 2.32. The van der Waals surface area contributed by atoms with Gasteiger partial charge in [-0.1, -0.05) is 20.8 Å². The molecule has 1 aliphatic rings. The van der Waals surface area contributed by atoms with Gasteiger partial charge in [0.2, 0.25) is 0 Å². The molecule has 3 nitrogen and oxygen atoms in total. The zero-order valence-corrected chi connectivity index (χ0v) is 14.4. The monoisotopic (exact) mass is 309 g/mol. The third kappa shape index (κ3) is 3.60. The van der Waals surface area contributed by atoms with E-state index in [1.165, 1.54) is 24.2 Å². The van der Waals surface area contributed by atoms with Gasteiger partial charge in [-0.2, -0.15) is 0 Å². The molecule has 0 spiro atoms. The van der Waals surface area contributed by atoms with Gasteiger partial charge in [0.1, 0.15) is 5.00 Å². The Balaban J connectivity index is 2.12. The summed E-state index contributed by atoms with van der Waals surface area (Å²) in [6.07, 6.45) is 4.74. The molecule has 2 N–H and O–H groups in total.